The number of rotatable bonds is 9. The van der Waals surface area contributed by atoms with Crippen LogP contribution in [0.15, 0.2) is 78.0 Å². The fraction of sp³-hybridized carbons (Fsp3) is 0.174. The summed E-state index contributed by atoms with van der Waals surface area (Å²) in [5, 5.41) is 14.9. The van der Waals surface area contributed by atoms with Gasteiger partial charge in [-0.3, -0.25) is 10.1 Å². The number of hydrogen-bond donors (Lipinski definition) is 0. The summed E-state index contributed by atoms with van der Waals surface area (Å²) in [5.41, 5.74) is 2.52. The average Bonchev–Trinajstić information content (AvgIpc) is 2.78. The number of hydrogen-bond acceptors (Lipinski definition) is 6. The predicted octanol–water partition coefficient (Wildman–Crippen LogP) is 5.29. The van der Waals surface area contributed by atoms with Gasteiger partial charge < -0.3 is 14.3 Å². The molecule has 0 radical (unpaired) electrons. The van der Waals surface area contributed by atoms with E-state index >= 15 is 0 Å². The quantitative estimate of drug-likeness (QED) is 0.274. The van der Waals surface area contributed by atoms with Gasteiger partial charge in [0.15, 0.2) is 11.5 Å². The van der Waals surface area contributed by atoms with Crippen LogP contribution in [0, 0.1) is 10.1 Å². The van der Waals surface area contributed by atoms with Crippen molar-refractivity contribution in [2.45, 2.75) is 19.6 Å². The molecule has 0 aromatic heterocycles. The van der Waals surface area contributed by atoms with Crippen molar-refractivity contribution in [2.24, 2.45) is 5.16 Å². The second kappa shape index (κ2) is 10.1. The van der Waals surface area contributed by atoms with Gasteiger partial charge in [-0.2, -0.15) is 0 Å². The van der Waals surface area contributed by atoms with Crippen molar-refractivity contribution in [1.82, 2.24) is 0 Å². The molecule has 154 valence electrons. The lowest BCUT2D eigenvalue weighted by atomic mass is 10.1. The number of oxime groups is 1. The van der Waals surface area contributed by atoms with Gasteiger partial charge in [0.2, 0.25) is 0 Å². The molecular formula is C23H22N2O5. The van der Waals surface area contributed by atoms with Gasteiger partial charge in [0.05, 0.1) is 18.2 Å². The highest BCUT2D eigenvalue weighted by Gasteiger charge is 2.12. The van der Waals surface area contributed by atoms with E-state index in [9.17, 15) is 10.1 Å². The van der Waals surface area contributed by atoms with Crippen molar-refractivity contribution < 1.29 is 19.2 Å². The van der Waals surface area contributed by atoms with E-state index in [-0.39, 0.29) is 5.69 Å². The Hall–Kier alpha value is -3.87. The Balaban J connectivity index is 1.62. The van der Waals surface area contributed by atoms with Crippen LogP contribution >= 0.6 is 0 Å². The maximum Gasteiger partial charge on any atom is 0.269 e. The maximum atomic E-state index is 10.9. The Morgan fingerprint density at radius 1 is 1.03 bits per heavy atom. The number of methoxy groups -OCH3 is 1. The predicted molar refractivity (Wildman–Crippen MR) is 114 cm³/mol. The zero-order valence-corrected chi connectivity index (χ0v) is 16.7. The molecule has 0 bridgehead atoms. The van der Waals surface area contributed by atoms with Gasteiger partial charge in [-0.1, -0.05) is 47.6 Å². The first kappa shape index (κ1) is 20.9. The second-order valence-electron chi connectivity index (χ2n) is 6.52. The normalized spacial score (nSPS) is 11.8. The molecule has 0 unspecified atom stereocenters. The summed E-state index contributed by atoms with van der Waals surface area (Å²) in [7, 11) is 1.58. The fourth-order valence-corrected chi connectivity index (χ4v) is 2.75. The topological polar surface area (TPSA) is 83.2 Å². The summed E-state index contributed by atoms with van der Waals surface area (Å²) in [6, 6.07) is 21.6. The van der Waals surface area contributed by atoms with E-state index in [0.29, 0.717) is 23.7 Å². The van der Waals surface area contributed by atoms with Crippen molar-refractivity contribution in [3.8, 4) is 11.5 Å². The first-order valence-corrected chi connectivity index (χ1v) is 9.35. The molecule has 0 heterocycles. The van der Waals surface area contributed by atoms with Crippen molar-refractivity contribution in [2.75, 3.05) is 7.11 Å². The maximum absolute atomic E-state index is 10.9. The molecule has 0 amide bonds. The van der Waals surface area contributed by atoms with Crippen LogP contribution in [0.3, 0.4) is 0 Å². The third kappa shape index (κ3) is 5.57. The lowest BCUT2D eigenvalue weighted by molar-refractivity contribution is -0.385. The molecule has 0 aliphatic heterocycles. The molecule has 0 spiro atoms. The number of nitro benzene ring substituents is 1. The van der Waals surface area contributed by atoms with Gasteiger partial charge >= 0.3 is 0 Å². The van der Waals surface area contributed by atoms with Crippen molar-refractivity contribution in [1.29, 1.82) is 0 Å². The second-order valence-corrected chi connectivity index (χ2v) is 6.52. The highest BCUT2D eigenvalue weighted by atomic mass is 16.6. The first-order valence-electron chi connectivity index (χ1n) is 9.35. The average molecular weight is 406 g/mol. The minimum absolute atomic E-state index is 0.0164. The molecule has 0 saturated heterocycles. The summed E-state index contributed by atoms with van der Waals surface area (Å²) >= 11 is 0. The van der Waals surface area contributed by atoms with Gasteiger partial charge in [-0.15, -0.1) is 0 Å². The first-order chi connectivity index (χ1) is 14.6. The Kier molecular flexibility index (Phi) is 7.00. The summed E-state index contributed by atoms with van der Waals surface area (Å²) in [5.74, 6) is 1.21. The smallest absolute Gasteiger partial charge is 0.269 e. The molecule has 7 heteroatoms. The van der Waals surface area contributed by atoms with Gasteiger partial charge in [0.25, 0.3) is 5.69 Å². The molecule has 3 rings (SSSR count). The minimum Gasteiger partial charge on any atom is -0.493 e. The van der Waals surface area contributed by atoms with Crippen LogP contribution in [0.1, 0.15) is 29.7 Å². The molecule has 1 atom stereocenters. The van der Waals surface area contributed by atoms with Crippen LogP contribution in [0.4, 0.5) is 5.69 Å². The summed E-state index contributed by atoms with van der Waals surface area (Å²) < 4.78 is 11.3. The van der Waals surface area contributed by atoms with Crippen LogP contribution in [-0.4, -0.2) is 18.2 Å². The molecule has 0 N–H and O–H groups in total. The van der Waals surface area contributed by atoms with E-state index in [1.165, 1.54) is 12.1 Å². The highest BCUT2D eigenvalue weighted by Crippen LogP contribution is 2.28. The summed E-state index contributed by atoms with van der Waals surface area (Å²) in [6.45, 7) is 2.21. The number of nitrogens with zero attached hydrogens (tertiary/aromatic N) is 2. The van der Waals surface area contributed by atoms with Crippen LogP contribution < -0.4 is 9.47 Å². The minimum atomic E-state index is -0.437. The van der Waals surface area contributed by atoms with Crippen molar-refractivity contribution in [3.05, 3.63) is 99.6 Å². The number of nitro groups is 1. The van der Waals surface area contributed by atoms with Crippen LogP contribution in [0.25, 0.3) is 0 Å². The van der Waals surface area contributed by atoms with Crippen LogP contribution in [0.2, 0.25) is 0 Å². The van der Waals surface area contributed by atoms with E-state index in [1.54, 1.807) is 38.4 Å². The fourth-order valence-electron chi connectivity index (χ4n) is 2.75. The molecule has 0 saturated carbocycles. The molecule has 0 fully saturated rings. The van der Waals surface area contributed by atoms with E-state index in [2.05, 4.69) is 5.16 Å². The monoisotopic (exact) mass is 406 g/mol. The van der Waals surface area contributed by atoms with Crippen LogP contribution in [-0.2, 0) is 11.4 Å². The molecule has 3 aromatic rings. The Morgan fingerprint density at radius 3 is 2.57 bits per heavy atom. The summed E-state index contributed by atoms with van der Waals surface area (Å²) in [6.07, 6.45) is 1.12. The van der Waals surface area contributed by atoms with Crippen molar-refractivity contribution in [3.63, 3.8) is 0 Å². The van der Waals surface area contributed by atoms with Crippen LogP contribution in [0.5, 0.6) is 11.5 Å². The Labute approximate surface area is 174 Å². The third-order valence-electron chi connectivity index (χ3n) is 4.40. The van der Waals surface area contributed by atoms with Gasteiger partial charge in [-0.05, 0) is 30.7 Å². The van der Waals surface area contributed by atoms with E-state index in [0.717, 1.165) is 11.1 Å². The Bertz CT molecular complexity index is 1020. The zero-order chi connectivity index (χ0) is 21.3. The summed E-state index contributed by atoms with van der Waals surface area (Å²) in [4.78, 5) is 15.9. The van der Waals surface area contributed by atoms with Gasteiger partial charge in [-0.25, -0.2) is 0 Å². The standard InChI is InChI=1S/C23H22N2O5/c1-17(20-9-6-10-21(14-20)25(26)27)30-24-15-19-11-12-22(23(13-19)28-2)29-16-18-7-4-3-5-8-18/h3-15,17H,16H2,1-2H3/b24-15-/t17-/m1/s1. The zero-order valence-electron chi connectivity index (χ0n) is 16.7. The lowest BCUT2D eigenvalue weighted by Gasteiger charge is -2.12. The van der Waals surface area contributed by atoms with E-state index < -0.39 is 11.0 Å². The number of benzene rings is 3. The Morgan fingerprint density at radius 2 is 1.83 bits per heavy atom. The van der Waals surface area contributed by atoms with Gasteiger partial charge in [0.1, 0.15) is 12.7 Å². The molecule has 7 nitrogen and oxygen atoms in total. The SMILES string of the molecule is COc1cc(/C=N\O[C@H](C)c2cccc([N+](=O)[O-])c2)ccc1OCc1ccccc1. The van der Waals surface area contributed by atoms with Gasteiger partial charge in [0, 0.05) is 23.3 Å². The lowest BCUT2D eigenvalue weighted by Crippen LogP contribution is -1.99. The number of ether oxygens (including phenoxy) is 2. The number of non-ortho nitro benzene ring substituents is 1. The largest absolute Gasteiger partial charge is 0.493 e. The van der Waals surface area contributed by atoms with E-state index in [4.69, 9.17) is 14.3 Å². The molecule has 3 aromatic carbocycles. The third-order valence-corrected chi connectivity index (χ3v) is 4.40. The molecule has 0 aliphatic carbocycles. The molecule has 30 heavy (non-hydrogen) atoms. The highest BCUT2D eigenvalue weighted by molar-refractivity contribution is 5.80. The molecule has 0 aliphatic rings. The van der Waals surface area contributed by atoms with Crippen molar-refractivity contribution >= 4 is 11.9 Å². The van der Waals surface area contributed by atoms with E-state index in [1.807, 2.05) is 42.5 Å². The molecular weight excluding hydrogens is 384 g/mol.